The molecule has 0 aromatic heterocycles. The van der Waals surface area contributed by atoms with Gasteiger partial charge >= 0.3 is 5.97 Å². The first-order chi connectivity index (χ1) is 8.91. The van der Waals surface area contributed by atoms with E-state index in [2.05, 4.69) is 31.2 Å². The highest BCUT2D eigenvalue weighted by Crippen LogP contribution is 2.15. The lowest BCUT2D eigenvalue weighted by atomic mass is 10.0. The summed E-state index contributed by atoms with van der Waals surface area (Å²) in [5.41, 5.74) is 2.06. The van der Waals surface area contributed by atoms with Crippen LogP contribution in [0.25, 0.3) is 0 Å². The molecule has 3 heteroatoms. The molecule has 0 atom stereocenters. The predicted molar refractivity (Wildman–Crippen MR) is 78.2 cm³/mol. The zero-order valence-electron chi connectivity index (χ0n) is 12.7. The summed E-state index contributed by atoms with van der Waals surface area (Å²) >= 11 is 0. The Morgan fingerprint density at radius 2 is 1.74 bits per heavy atom. The Morgan fingerprint density at radius 1 is 1.21 bits per heavy atom. The molecule has 0 radical (unpaired) electrons. The first-order valence-corrected chi connectivity index (χ1v) is 6.79. The molecule has 106 valence electrons. The number of hydrogen-bond donors (Lipinski definition) is 0. The van der Waals surface area contributed by atoms with Gasteiger partial charge in [0.2, 0.25) is 0 Å². The molecule has 0 fully saturated rings. The molecule has 0 aliphatic heterocycles. The first kappa shape index (κ1) is 15.7. The molecule has 1 rings (SSSR count). The number of carbonyl (C=O) groups excluding carboxylic acids is 1. The Balaban J connectivity index is 2.58. The average molecular weight is 263 g/mol. The van der Waals surface area contributed by atoms with Crippen LogP contribution in [-0.4, -0.2) is 37.1 Å². The second-order valence-electron chi connectivity index (χ2n) is 5.39. The summed E-state index contributed by atoms with van der Waals surface area (Å²) in [6.07, 6.45) is 2.00. The van der Waals surface area contributed by atoms with Crippen LogP contribution in [0.15, 0.2) is 24.3 Å². The van der Waals surface area contributed by atoms with Gasteiger partial charge in [-0.2, -0.15) is 0 Å². The van der Waals surface area contributed by atoms with Gasteiger partial charge in [-0.1, -0.05) is 31.2 Å². The molecular formula is C16H25NO2. The van der Waals surface area contributed by atoms with Crippen LogP contribution in [0, 0.1) is 0 Å². The molecule has 0 aliphatic carbocycles. The molecule has 0 amide bonds. The van der Waals surface area contributed by atoms with Crippen LogP contribution in [0.3, 0.4) is 0 Å². The summed E-state index contributed by atoms with van der Waals surface area (Å²) < 4.78 is 4.84. The van der Waals surface area contributed by atoms with E-state index in [1.807, 2.05) is 25.8 Å². The van der Waals surface area contributed by atoms with Crippen LogP contribution in [-0.2, 0) is 22.4 Å². The van der Waals surface area contributed by atoms with Crippen LogP contribution in [0.1, 0.15) is 31.9 Å². The van der Waals surface area contributed by atoms with Crippen molar-refractivity contribution in [3.05, 3.63) is 35.4 Å². The third kappa shape index (κ3) is 4.06. The number of likely N-dealkylation sites (N-methyl/N-ethyl adjacent to an activating group) is 1. The van der Waals surface area contributed by atoms with Crippen molar-refractivity contribution < 1.29 is 9.53 Å². The number of methoxy groups -OCH3 is 1. The van der Waals surface area contributed by atoms with Gasteiger partial charge in [-0.25, -0.2) is 0 Å². The van der Waals surface area contributed by atoms with Gasteiger partial charge in [-0.05, 0) is 44.9 Å². The van der Waals surface area contributed by atoms with Crippen molar-refractivity contribution in [1.82, 2.24) is 4.90 Å². The molecule has 19 heavy (non-hydrogen) atoms. The van der Waals surface area contributed by atoms with E-state index in [1.54, 1.807) is 0 Å². The van der Waals surface area contributed by atoms with E-state index in [9.17, 15) is 4.79 Å². The van der Waals surface area contributed by atoms with Crippen molar-refractivity contribution in [1.29, 1.82) is 0 Å². The van der Waals surface area contributed by atoms with Gasteiger partial charge in [0.15, 0.2) is 0 Å². The van der Waals surface area contributed by atoms with Gasteiger partial charge in [-0.15, -0.1) is 0 Å². The van der Waals surface area contributed by atoms with Crippen molar-refractivity contribution in [2.24, 2.45) is 0 Å². The number of carbonyl (C=O) groups is 1. The smallest absolute Gasteiger partial charge is 0.325 e. The van der Waals surface area contributed by atoms with Crippen LogP contribution < -0.4 is 0 Å². The fraction of sp³-hybridized carbons (Fsp3) is 0.562. The van der Waals surface area contributed by atoms with Crippen LogP contribution in [0.2, 0.25) is 0 Å². The van der Waals surface area contributed by atoms with Crippen molar-refractivity contribution in [3.63, 3.8) is 0 Å². The topological polar surface area (TPSA) is 29.5 Å². The molecular weight excluding hydrogens is 238 g/mol. The van der Waals surface area contributed by atoms with Gasteiger partial charge in [0, 0.05) is 6.54 Å². The van der Waals surface area contributed by atoms with E-state index in [1.165, 1.54) is 18.2 Å². The maximum atomic E-state index is 11.7. The summed E-state index contributed by atoms with van der Waals surface area (Å²) in [6.45, 7) is 6.76. The largest absolute Gasteiger partial charge is 0.468 e. The molecule has 0 heterocycles. The molecule has 1 aromatic rings. The Hall–Kier alpha value is -1.35. The monoisotopic (exact) mass is 263 g/mol. The average Bonchev–Trinajstić information content (AvgIpc) is 2.44. The SMILES string of the molecule is CCc1ccc(CCN(C)C(C)(C)C(=O)OC)cc1. The molecule has 0 spiro atoms. The molecule has 0 saturated heterocycles. The summed E-state index contributed by atoms with van der Waals surface area (Å²) in [6, 6.07) is 8.66. The summed E-state index contributed by atoms with van der Waals surface area (Å²) in [5.74, 6) is -0.198. The summed E-state index contributed by atoms with van der Waals surface area (Å²) in [7, 11) is 3.39. The van der Waals surface area contributed by atoms with Crippen molar-refractivity contribution in [2.75, 3.05) is 20.7 Å². The Morgan fingerprint density at radius 3 is 2.21 bits per heavy atom. The molecule has 0 bridgehead atoms. The highest BCUT2D eigenvalue weighted by Gasteiger charge is 2.32. The van der Waals surface area contributed by atoms with Crippen molar-refractivity contribution in [2.45, 2.75) is 39.2 Å². The first-order valence-electron chi connectivity index (χ1n) is 6.79. The van der Waals surface area contributed by atoms with E-state index >= 15 is 0 Å². The van der Waals surface area contributed by atoms with Gasteiger partial charge < -0.3 is 4.74 Å². The van der Waals surface area contributed by atoms with Gasteiger partial charge in [0.05, 0.1) is 7.11 Å². The molecule has 0 saturated carbocycles. The van der Waals surface area contributed by atoms with Crippen molar-refractivity contribution >= 4 is 5.97 Å². The number of ether oxygens (including phenoxy) is 1. The lowest BCUT2D eigenvalue weighted by Crippen LogP contribution is -2.49. The molecule has 1 aromatic carbocycles. The zero-order valence-corrected chi connectivity index (χ0v) is 12.7. The molecule has 0 N–H and O–H groups in total. The Labute approximate surface area is 116 Å². The normalized spacial score (nSPS) is 11.7. The van der Waals surface area contributed by atoms with E-state index in [-0.39, 0.29) is 5.97 Å². The number of nitrogens with zero attached hydrogens (tertiary/aromatic N) is 1. The number of aryl methyl sites for hydroxylation is 1. The number of rotatable bonds is 6. The Bertz CT molecular complexity index is 409. The molecule has 0 unspecified atom stereocenters. The zero-order chi connectivity index (χ0) is 14.5. The Kier molecular flexibility index (Phi) is 5.55. The maximum Gasteiger partial charge on any atom is 0.325 e. The molecule has 0 aliphatic rings. The lowest BCUT2D eigenvalue weighted by Gasteiger charge is -2.32. The standard InChI is InChI=1S/C16H25NO2/c1-6-13-7-9-14(10-8-13)11-12-17(4)16(2,3)15(18)19-5/h7-10H,6,11-12H2,1-5H3. The number of hydrogen-bond acceptors (Lipinski definition) is 3. The van der Waals surface area contributed by atoms with E-state index < -0.39 is 5.54 Å². The molecule has 3 nitrogen and oxygen atoms in total. The van der Waals surface area contributed by atoms with Crippen molar-refractivity contribution in [3.8, 4) is 0 Å². The highest BCUT2D eigenvalue weighted by atomic mass is 16.5. The minimum Gasteiger partial charge on any atom is -0.468 e. The number of benzene rings is 1. The second-order valence-corrected chi connectivity index (χ2v) is 5.39. The third-order valence-corrected chi connectivity index (χ3v) is 3.81. The van der Waals surface area contributed by atoms with Crippen LogP contribution in [0.4, 0.5) is 0 Å². The predicted octanol–water partition coefficient (Wildman–Crippen LogP) is 2.67. The minimum absolute atomic E-state index is 0.198. The van der Waals surface area contributed by atoms with Gasteiger partial charge in [0.1, 0.15) is 5.54 Å². The fourth-order valence-electron chi connectivity index (χ4n) is 1.92. The van der Waals surface area contributed by atoms with E-state index in [0.717, 1.165) is 19.4 Å². The van der Waals surface area contributed by atoms with Crippen LogP contribution in [0.5, 0.6) is 0 Å². The summed E-state index contributed by atoms with van der Waals surface area (Å²) in [4.78, 5) is 13.7. The van der Waals surface area contributed by atoms with E-state index in [0.29, 0.717) is 0 Å². The quantitative estimate of drug-likeness (QED) is 0.739. The minimum atomic E-state index is -0.585. The summed E-state index contributed by atoms with van der Waals surface area (Å²) in [5, 5.41) is 0. The highest BCUT2D eigenvalue weighted by molar-refractivity contribution is 5.79. The van der Waals surface area contributed by atoms with E-state index in [4.69, 9.17) is 4.74 Å². The third-order valence-electron chi connectivity index (χ3n) is 3.81. The fourth-order valence-corrected chi connectivity index (χ4v) is 1.92. The number of esters is 1. The second kappa shape index (κ2) is 6.71. The van der Waals surface area contributed by atoms with Gasteiger partial charge in [0.25, 0.3) is 0 Å². The van der Waals surface area contributed by atoms with Gasteiger partial charge in [-0.3, -0.25) is 9.69 Å². The lowest BCUT2D eigenvalue weighted by molar-refractivity contribution is -0.152. The van der Waals surface area contributed by atoms with Crippen LogP contribution >= 0.6 is 0 Å². The maximum absolute atomic E-state index is 11.7.